The van der Waals surface area contributed by atoms with Crippen molar-refractivity contribution in [3.8, 4) is 0 Å². The number of anilines is 1. The van der Waals surface area contributed by atoms with Crippen LogP contribution < -0.4 is 10.0 Å². The molecule has 3 rings (SSSR count). The van der Waals surface area contributed by atoms with Crippen LogP contribution in [0.25, 0.3) is 16.8 Å². The predicted octanol–water partition coefficient (Wildman–Crippen LogP) is 3.80. The van der Waals surface area contributed by atoms with Gasteiger partial charge in [-0.3, -0.25) is 4.79 Å². The molecule has 0 heterocycles. The molecule has 3 aromatic rings. The van der Waals surface area contributed by atoms with Gasteiger partial charge in [0.25, 0.3) is 0 Å². The molecule has 1 amide bonds. The van der Waals surface area contributed by atoms with Crippen LogP contribution in [0.2, 0.25) is 0 Å². The summed E-state index contributed by atoms with van der Waals surface area (Å²) in [5, 5.41) is 4.90. The molecule has 0 saturated heterocycles. The maximum Gasteiger partial charge on any atom is 0.248 e. The van der Waals surface area contributed by atoms with Gasteiger partial charge in [-0.15, -0.1) is 0 Å². The van der Waals surface area contributed by atoms with Crippen molar-refractivity contribution in [1.82, 2.24) is 4.72 Å². The van der Waals surface area contributed by atoms with Gasteiger partial charge in [0.05, 0.1) is 11.5 Å². The molecule has 0 spiro atoms. The van der Waals surface area contributed by atoms with Crippen LogP contribution in [0.1, 0.15) is 12.5 Å². The van der Waals surface area contributed by atoms with Crippen molar-refractivity contribution < 1.29 is 17.9 Å². The molecule has 0 aliphatic rings. The first kappa shape index (κ1) is 21.7. The summed E-state index contributed by atoms with van der Waals surface area (Å²) >= 11 is 0. The molecule has 0 aliphatic heterocycles. The lowest BCUT2D eigenvalue weighted by molar-refractivity contribution is -0.111. The monoisotopic (exact) mass is 424 g/mol. The normalized spacial score (nSPS) is 12.9. The number of amides is 1. The lowest BCUT2D eigenvalue weighted by Crippen LogP contribution is -2.35. The quantitative estimate of drug-likeness (QED) is 0.539. The molecular weight excluding hydrogens is 400 g/mol. The minimum absolute atomic E-state index is 0.120. The maximum absolute atomic E-state index is 12.4. The van der Waals surface area contributed by atoms with Crippen LogP contribution in [0.4, 0.5) is 5.69 Å². The Morgan fingerprint density at radius 3 is 2.47 bits per heavy atom. The van der Waals surface area contributed by atoms with Crippen LogP contribution in [-0.4, -0.2) is 34.1 Å². The zero-order chi connectivity index (χ0) is 21.6. The number of carbonyl (C=O) groups excluding carboxylic acids is 1. The number of benzene rings is 3. The van der Waals surface area contributed by atoms with Crippen molar-refractivity contribution in [3.05, 3.63) is 78.4 Å². The molecule has 7 heteroatoms. The van der Waals surface area contributed by atoms with E-state index in [1.807, 2.05) is 42.5 Å². The van der Waals surface area contributed by atoms with E-state index < -0.39 is 10.0 Å². The first-order chi connectivity index (χ1) is 14.4. The van der Waals surface area contributed by atoms with Gasteiger partial charge in [0.2, 0.25) is 15.9 Å². The predicted molar refractivity (Wildman–Crippen MR) is 120 cm³/mol. The van der Waals surface area contributed by atoms with Gasteiger partial charge < -0.3 is 10.1 Å². The Morgan fingerprint density at radius 2 is 1.73 bits per heavy atom. The molecule has 0 aliphatic carbocycles. The van der Waals surface area contributed by atoms with E-state index in [1.165, 1.54) is 25.3 Å². The molecule has 0 saturated carbocycles. The van der Waals surface area contributed by atoms with Crippen molar-refractivity contribution in [3.63, 3.8) is 0 Å². The summed E-state index contributed by atoms with van der Waals surface area (Å²) in [7, 11) is -2.14. The fraction of sp³-hybridized carbons (Fsp3) is 0.174. The van der Waals surface area contributed by atoms with Crippen molar-refractivity contribution in [2.24, 2.45) is 0 Å². The average molecular weight is 425 g/mol. The van der Waals surface area contributed by atoms with Crippen LogP contribution in [-0.2, 0) is 19.6 Å². The van der Waals surface area contributed by atoms with Crippen LogP contribution in [0.5, 0.6) is 0 Å². The zero-order valence-corrected chi connectivity index (χ0v) is 17.6. The standard InChI is InChI=1S/C23H24N2O4S/c1-17(16-29-2)25-30(27,28)21-13-11-20(12-14-21)24-23(26)15-10-19-8-5-7-18-6-3-4-9-22(18)19/h3-15,17,25H,16H2,1-2H3,(H,24,26)/b15-10+. The minimum Gasteiger partial charge on any atom is -0.383 e. The second kappa shape index (κ2) is 9.67. The molecule has 1 unspecified atom stereocenters. The Balaban J connectivity index is 1.66. The van der Waals surface area contributed by atoms with Crippen LogP contribution in [0.15, 0.2) is 77.7 Å². The topological polar surface area (TPSA) is 84.5 Å². The third kappa shape index (κ3) is 5.54. The van der Waals surface area contributed by atoms with Gasteiger partial charge in [-0.1, -0.05) is 42.5 Å². The minimum atomic E-state index is -3.65. The molecule has 1 atom stereocenters. The fourth-order valence-electron chi connectivity index (χ4n) is 3.08. The highest BCUT2D eigenvalue weighted by Crippen LogP contribution is 2.20. The molecular formula is C23H24N2O4S. The highest BCUT2D eigenvalue weighted by Gasteiger charge is 2.17. The molecule has 156 valence electrons. The Labute approximate surface area is 176 Å². The smallest absolute Gasteiger partial charge is 0.248 e. The van der Waals surface area contributed by atoms with Gasteiger partial charge >= 0.3 is 0 Å². The lowest BCUT2D eigenvalue weighted by Gasteiger charge is -2.13. The molecule has 2 N–H and O–H groups in total. The highest BCUT2D eigenvalue weighted by atomic mass is 32.2. The molecule has 3 aromatic carbocycles. The summed E-state index contributed by atoms with van der Waals surface area (Å²) in [5.74, 6) is -0.301. The Bertz CT molecular complexity index is 1150. The largest absolute Gasteiger partial charge is 0.383 e. The third-order valence-corrected chi connectivity index (χ3v) is 6.05. The molecule has 6 nitrogen and oxygen atoms in total. The van der Waals surface area contributed by atoms with Gasteiger partial charge in [-0.25, -0.2) is 13.1 Å². The van der Waals surface area contributed by atoms with E-state index >= 15 is 0 Å². The second-order valence-electron chi connectivity index (χ2n) is 6.89. The Kier molecular flexibility index (Phi) is 6.99. The van der Waals surface area contributed by atoms with Gasteiger partial charge in [-0.05, 0) is 53.6 Å². The number of hydrogen-bond acceptors (Lipinski definition) is 4. The van der Waals surface area contributed by atoms with Crippen molar-refractivity contribution in [2.75, 3.05) is 19.0 Å². The highest BCUT2D eigenvalue weighted by molar-refractivity contribution is 7.89. The SMILES string of the molecule is COCC(C)NS(=O)(=O)c1ccc(NC(=O)/C=C/c2cccc3ccccc23)cc1. The molecule has 0 radical (unpaired) electrons. The Morgan fingerprint density at radius 1 is 1.03 bits per heavy atom. The van der Waals surface area contributed by atoms with Gasteiger partial charge in [0.15, 0.2) is 0 Å². The van der Waals surface area contributed by atoms with E-state index in [9.17, 15) is 13.2 Å². The van der Waals surface area contributed by atoms with E-state index in [1.54, 1.807) is 25.1 Å². The van der Waals surface area contributed by atoms with Gasteiger partial charge in [-0.2, -0.15) is 0 Å². The second-order valence-corrected chi connectivity index (χ2v) is 8.61. The Hall–Kier alpha value is -3.00. The summed E-state index contributed by atoms with van der Waals surface area (Å²) < 4.78 is 32.2. The molecule has 0 aromatic heterocycles. The number of rotatable bonds is 8. The first-order valence-electron chi connectivity index (χ1n) is 9.47. The number of hydrogen-bond donors (Lipinski definition) is 2. The zero-order valence-electron chi connectivity index (χ0n) is 16.8. The number of nitrogens with one attached hydrogen (secondary N) is 2. The van der Waals surface area contributed by atoms with Crippen molar-refractivity contribution in [1.29, 1.82) is 0 Å². The summed E-state index contributed by atoms with van der Waals surface area (Å²) in [6.07, 6.45) is 3.22. The van der Waals surface area contributed by atoms with E-state index in [2.05, 4.69) is 10.0 Å². The number of fused-ring (bicyclic) bond motifs is 1. The van der Waals surface area contributed by atoms with E-state index in [0.717, 1.165) is 16.3 Å². The summed E-state index contributed by atoms with van der Waals surface area (Å²) in [5.41, 5.74) is 1.45. The maximum atomic E-state index is 12.4. The number of sulfonamides is 1. The van der Waals surface area contributed by atoms with E-state index in [-0.39, 0.29) is 23.5 Å². The van der Waals surface area contributed by atoms with E-state index in [0.29, 0.717) is 5.69 Å². The molecule has 30 heavy (non-hydrogen) atoms. The van der Waals surface area contributed by atoms with Crippen LogP contribution in [0.3, 0.4) is 0 Å². The first-order valence-corrected chi connectivity index (χ1v) is 11.0. The number of methoxy groups -OCH3 is 1. The number of ether oxygens (including phenoxy) is 1. The molecule has 0 fully saturated rings. The summed E-state index contributed by atoms with van der Waals surface area (Å²) in [6.45, 7) is 1.99. The fourth-order valence-corrected chi connectivity index (χ4v) is 4.31. The average Bonchev–Trinajstić information content (AvgIpc) is 2.72. The van der Waals surface area contributed by atoms with Crippen LogP contribution >= 0.6 is 0 Å². The summed E-state index contributed by atoms with van der Waals surface area (Å²) in [4.78, 5) is 12.4. The molecule has 0 bridgehead atoms. The third-order valence-electron chi connectivity index (χ3n) is 4.44. The van der Waals surface area contributed by atoms with Crippen molar-refractivity contribution in [2.45, 2.75) is 17.9 Å². The van der Waals surface area contributed by atoms with Crippen LogP contribution in [0, 0.1) is 0 Å². The van der Waals surface area contributed by atoms with Gasteiger partial charge in [0, 0.05) is 24.9 Å². The lowest BCUT2D eigenvalue weighted by atomic mass is 10.0. The van der Waals surface area contributed by atoms with Crippen molar-refractivity contribution >= 4 is 38.5 Å². The summed E-state index contributed by atoms with van der Waals surface area (Å²) in [6, 6.07) is 19.5. The van der Waals surface area contributed by atoms with E-state index in [4.69, 9.17) is 4.74 Å². The number of carbonyl (C=O) groups is 1. The van der Waals surface area contributed by atoms with Gasteiger partial charge in [0.1, 0.15) is 0 Å².